The summed E-state index contributed by atoms with van der Waals surface area (Å²) in [7, 11) is 1.96. The smallest absolute Gasteiger partial charge is 0.192 e. The lowest BCUT2D eigenvalue weighted by atomic mass is 10.2. The summed E-state index contributed by atoms with van der Waals surface area (Å²) in [6.07, 6.45) is 2.10. The van der Waals surface area contributed by atoms with Gasteiger partial charge < -0.3 is 9.30 Å². The maximum Gasteiger partial charge on any atom is 0.192 e. The number of nitrogens with zero attached hydrogens (tertiary/aromatic N) is 4. The Hall–Kier alpha value is -2.45. The van der Waals surface area contributed by atoms with E-state index in [1.165, 1.54) is 23.9 Å². The molecule has 158 valence electrons. The number of hydrogen-bond acceptors (Lipinski definition) is 5. The molecule has 1 aliphatic heterocycles. The highest BCUT2D eigenvalue weighted by atomic mass is 32.2. The molecule has 1 saturated heterocycles. The molecule has 0 amide bonds. The van der Waals surface area contributed by atoms with Crippen molar-refractivity contribution in [2.24, 2.45) is 7.05 Å². The molecular weight excluding hydrogens is 403 g/mol. The van der Waals surface area contributed by atoms with Gasteiger partial charge in [0.05, 0.1) is 18.4 Å². The third kappa shape index (κ3) is 4.20. The number of rotatable bonds is 7. The van der Waals surface area contributed by atoms with Gasteiger partial charge >= 0.3 is 0 Å². The molecule has 0 aliphatic carbocycles. The molecular formula is C22H25FN4O2S. The molecule has 4 rings (SSSR count). The molecule has 0 saturated carbocycles. The molecule has 3 heterocycles. The second-order valence-electron chi connectivity index (χ2n) is 7.61. The minimum Gasteiger partial charge on any atom is -0.376 e. The number of aryl methyl sites for hydroxylation is 1. The van der Waals surface area contributed by atoms with Gasteiger partial charge in [0.15, 0.2) is 16.8 Å². The van der Waals surface area contributed by atoms with Crippen LogP contribution < -0.4 is 0 Å². The number of hydrogen-bond donors (Lipinski definition) is 0. The maximum atomic E-state index is 13.4. The fourth-order valence-electron chi connectivity index (χ4n) is 3.71. The number of carbonyl (C=O) groups is 1. The van der Waals surface area contributed by atoms with Crippen molar-refractivity contribution in [2.75, 3.05) is 12.4 Å². The Morgan fingerprint density at radius 1 is 1.27 bits per heavy atom. The van der Waals surface area contributed by atoms with Gasteiger partial charge in [-0.05, 0) is 57.0 Å². The summed E-state index contributed by atoms with van der Waals surface area (Å²) >= 11 is 1.38. The highest BCUT2D eigenvalue weighted by molar-refractivity contribution is 7.99. The van der Waals surface area contributed by atoms with Gasteiger partial charge in [-0.2, -0.15) is 0 Å². The van der Waals surface area contributed by atoms with E-state index in [4.69, 9.17) is 4.74 Å². The van der Waals surface area contributed by atoms with Crippen molar-refractivity contribution < 1.29 is 13.9 Å². The minimum absolute atomic E-state index is 0.0659. The van der Waals surface area contributed by atoms with Crippen molar-refractivity contribution in [3.8, 4) is 11.4 Å². The van der Waals surface area contributed by atoms with Crippen LogP contribution in [0.3, 0.4) is 0 Å². The van der Waals surface area contributed by atoms with Crippen molar-refractivity contribution in [3.63, 3.8) is 0 Å². The molecule has 1 fully saturated rings. The van der Waals surface area contributed by atoms with Crippen molar-refractivity contribution in [1.29, 1.82) is 0 Å². The summed E-state index contributed by atoms with van der Waals surface area (Å²) < 4.78 is 23.2. The summed E-state index contributed by atoms with van der Waals surface area (Å²) in [6.45, 7) is 5.31. The third-order valence-electron chi connectivity index (χ3n) is 5.64. The van der Waals surface area contributed by atoms with E-state index in [-0.39, 0.29) is 23.5 Å². The second kappa shape index (κ2) is 8.73. The Kier molecular flexibility index (Phi) is 6.06. The average molecular weight is 429 g/mol. The molecule has 3 aromatic rings. The van der Waals surface area contributed by atoms with E-state index in [1.54, 1.807) is 12.1 Å². The summed E-state index contributed by atoms with van der Waals surface area (Å²) in [5.41, 5.74) is 3.55. The molecule has 0 spiro atoms. The summed E-state index contributed by atoms with van der Waals surface area (Å²) in [5.74, 6) is 0.707. The number of ketones is 1. The number of ether oxygens (including phenoxy) is 1. The highest BCUT2D eigenvalue weighted by Gasteiger charge is 2.23. The Morgan fingerprint density at radius 2 is 2.03 bits per heavy atom. The van der Waals surface area contributed by atoms with E-state index in [2.05, 4.69) is 10.2 Å². The quantitative estimate of drug-likeness (QED) is 0.417. The van der Waals surface area contributed by atoms with Crippen LogP contribution in [0.15, 0.2) is 35.5 Å². The van der Waals surface area contributed by atoms with E-state index in [1.807, 2.05) is 36.1 Å². The van der Waals surface area contributed by atoms with Crippen LogP contribution in [0.1, 0.15) is 34.6 Å². The fraction of sp³-hybridized carbons (Fsp3) is 0.409. The van der Waals surface area contributed by atoms with Crippen molar-refractivity contribution in [3.05, 3.63) is 53.1 Å². The number of Topliss-reactive ketones (excluding diaryl/α,β-unsaturated/α-hetero) is 1. The molecule has 1 atom stereocenters. The highest BCUT2D eigenvalue weighted by Crippen LogP contribution is 2.27. The monoisotopic (exact) mass is 428 g/mol. The fourth-order valence-corrected chi connectivity index (χ4v) is 4.54. The van der Waals surface area contributed by atoms with Crippen LogP contribution in [0.25, 0.3) is 11.4 Å². The van der Waals surface area contributed by atoms with Crippen LogP contribution in [-0.2, 0) is 18.3 Å². The maximum absolute atomic E-state index is 13.4. The number of carbonyl (C=O) groups excluding carboxylic acids is 1. The standard InChI is InChI=1S/C22H25FN4O2S/c1-14-11-19(15(2)26(14)3)20(28)13-30-22-25-24-21(16-6-8-17(23)9-7-16)27(22)12-18-5-4-10-29-18/h6-9,11,18H,4-5,10,12-13H2,1-3H3/t18-/m0/s1. The lowest BCUT2D eigenvalue weighted by Crippen LogP contribution is -2.17. The minimum atomic E-state index is -0.294. The lowest BCUT2D eigenvalue weighted by Gasteiger charge is -2.14. The van der Waals surface area contributed by atoms with Gasteiger partial charge in [0.1, 0.15) is 5.82 Å². The van der Waals surface area contributed by atoms with E-state index in [0.717, 1.165) is 42.0 Å². The first-order valence-corrected chi connectivity index (χ1v) is 11.0. The Balaban J connectivity index is 1.58. The van der Waals surface area contributed by atoms with Crippen molar-refractivity contribution >= 4 is 17.5 Å². The lowest BCUT2D eigenvalue weighted by molar-refractivity contribution is 0.0953. The normalized spacial score (nSPS) is 16.3. The number of halogens is 1. The Morgan fingerprint density at radius 3 is 2.67 bits per heavy atom. The first-order chi connectivity index (χ1) is 14.4. The molecule has 0 unspecified atom stereocenters. The van der Waals surface area contributed by atoms with Gasteiger partial charge in [-0.1, -0.05) is 11.8 Å². The molecule has 6 nitrogen and oxygen atoms in total. The molecule has 30 heavy (non-hydrogen) atoms. The van der Waals surface area contributed by atoms with Gasteiger partial charge in [0, 0.05) is 36.2 Å². The third-order valence-corrected chi connectivity index (χ3v) is 6.60. The number of aromatic nitrogens is 4. The van der Waals surface area contributed by atoms with Gasteiger partial charge in [-0.25, -0.2) is 4.39 Å². The van der Waals surface area contributed by atoms with E-state index in [9.17, 15) is 9.18 Å². The van der Waals surface area contributed by atoms with Crippen molar-refractivity contribution in [2.45, 2.75) is 44.5 Å². The van der Waals surface area contributed by atoms with Crippen LogP contribution in [0.4, 0.5) is 4.39 Å². The van der Waals surface area contributed by atoms with Crippen LogP contribution >= 0.6 is 11.8 Å². The van der Waals surface area contributed by atoms with Gasteiger partial charge in [-0.3, -0.25) is 9.36 Å². The van der Waals surface area contributed by atoms with Gasteiger partial charge in [-0.15, -0.1) is 10.2 Å². The summed E-state index contributed by atoms with van der Waals surface area (Å²) in [4.78, 5) is 12.8. The zero-order valence-corrected chi connectivity index (χ0v) is 18.2. The predicted molar refractivity (Wildman–Crippen MR) is 114 cm³/mol. The van der Waals surface area contributed by atoms with E-state index >= 15 is 0 Å². The SMILES string of the molecule is Cc1cc(C(=O)CSc2nnc(-c3ccc(F)cc3)n2C[C@@H]2CCCO2)c(C)n1C. The molecule has 1 aliphatic rings. The van der Waals surface area contributed by atoms with Crippen LogP contribution in [0.5, 0.6) is 0 Å². The van der Waals surface area contributed by atoms with Crippen LogP contribution in [0.2, 0.25) is 0 Å². The predicted octanol–water partition coefficient (Wildman–Crippen LogP) is 4.19. The Labute approximate surface area is 179 Å². The van der Waals surface area contributed by atoms with E-state index < -0.39 is 0 Å². The topological polar surface area (TPSA) is 61.9 Å². The zero-order valence-electron chi connectivity index (χ0n) is 17.4. The molecule has 0 bridgehead atoms. The first-order valence-electron chi connectivity index (χ1n) is 10.0. The van der Waals surface area contributed by atoms with E-state index in [0.29, 0.717) is 17.5 Å². The largest absolute Gasteiger partial charge is 0.376 e. The molecule has 0 radical (unpaired) electrons. The van der Waals surface area contributed by atoms with Crippen molar-refractivity contribution in [1.82, 2.24) is 19.3 Å². The van der Waals surface area contributed by atoms with Gasteiger partial charge in [0.25, 0.3) is 0 Å². The number of thioether (sulfide) groups is 1. The molecule has 8 heteroatoms. The van der Waals surface area contributed by atoms with Crippen LogP contribution in [0, 0.1) is 19.7 Å². The summed E-state index contributed by atoms with van der Waals surface area (Å²) in [6, 6.07) is 8.15. The molecule has 2 aromatic heterocycles. The Bertz CT molecular complexity index is 1050. The second-order valence-corrected chi connectivity index (χ2v) is 8.56. The average Bonchev–Trinajstić information content (AvgIpc) is 3.45. The van der Waals surface area contributed by atoms with Gasteiger partial charge in [0.2, 0.25) is 0 Å². The molecule has 1 aromatic carbocycles. The first kappa shape index (κ1) is 20.8. The zero-order chi connectivity index (χ0) is 21.3. The summed E-state index contributed by atoms with van der Waals surface area (Å²) in [5, 5.41) is 9.35. The number of benzene rings is 1. The molecule has 0 N–H and O–H groups in total. The van der Waals surface area contributed by atoms with Crippen LogP contribution in [-0.4, -0.2) is 43.6 Å².